The highest BCUT2D eigenvalue weighted by Crippen LogP contribution is 2.22. The molecule has 1 rings (SSSR count). The highest BCUT2D eigenvalue weighted by atomic mass is 19.4. The number of rotatable bonds is 3. The summed E-state index contributed by atoms with van der Waals surface area (Å²) in [4.78, 5) is 14.8. The minimum Gasteiger partial charge on any atom is -0.467 e. The summed E-state index contributed by atoms with van der Waals surface area (Å²) in [6, 6.07) is 1.36. The van der Waals surface area contributed by atoms with Gasteiger partial charge in [-0.3, -0.25) is 4.79 Å². The Morgan fingerprint density at radius 3 is 2.53 bits per heavy atom. The minimum atomic E-state index is -4.49. The monoisotopic (exact) mass is 248 g/mol. The standard InChI is InChI=1S/C10H11F3N2O2/c1-5-3-7(8(14)16)9(15-6(5)2)17-4-10(11,12)13/h3H,4H2,1-2H3,(H2,14,16). The van der Waals surface area contributed by atoms with Gasteiger partial charge in [-0.1, -0.05) is 0 Å². The average Bonchev–Trinajstić information content (AvgIpc) is 2.17. The van der Waals surface area contributed by atoms with Crippen molar-refractivity contribution in [3.8, 4) is 5.88 Å². The second-order valence-corrected chi connectivity index (χ2v) is 3.51. The summed E-state index contributed by atoms with van der Waals surface area (Å²) < 4.78 is 40.4. The molecule has 7 heteroatoms. The van der Waals surface area contributed by atoms with E-state index >= 15 is 0 Å². The largest absolute Gasteiger partial charge is 0.467 e. The van der Waals surface area contributed by atoms with E-state index < -0.39 is 24.6 Å². The number of halogens is 3. The number of ether oxygens (including phenoxy) is 1. The zero-order valence-corrected chi connectivity index (χ0v) is 9.26. The quantitative estimate of drug-likeness (QED) is 0.886. The first-order valence-corrected chi connectivity index (χ1v) is 4.68. The summed E-state index contributed by atoms with van der Waals surface area (Å²) in [6.45, 7) is 1.76. The first-order valence-electron chi connectivity index (χ1n) is 4.68. The maximum absolute atomic E-state index is 12.0. The molecule has 0 spiro atoms. The van der Waals surface area contributed by atoms with Crippen molar-refractivity contribution in [1.29, 1.82) is 0 Å². The summed E-state index contributed by atoms with van der Waals surface area (Å²) in [7, 11) is 0. The van der Waals surface area contributed by atoms with Gasteiger partial charge in [0.15, 0.2) is 6.61 Å². The van der Waals surface area contributed by atoms with Crippen LogP contribution in [0.25, 0.3) is 0 Å². The number of nitrogens with zero attached hydrogens (tertiary/aromatic N) is 1. The van der Waals surface area contributed by atoms with Gasteiger partial charge < -0.3 is 10.5 Å². The first-order chi connectivity index (χ1) is 7.70. The van der Waals surface area contributed by atoms with Gasteiger partial charge in [-0.15, -0.1) is 0 Å². The highest BCUT2D eigenvalue weighted by molar-refractivity contribution is 5.95. The fourth-order valence-electron chi connectivity index (χ4n) is 1.12. The molecule has 0 radical (unpaired) electrons. The Labute approximate surface area is 95.6 Å². The smallest absolute Gasteiger partial charge is 0.422 e. The summed E-state index contributed by atoms with van der Waals surface area (Å²) in [5.41, 5.74) is 6.01. The molecule has 1 heterocycles. The fourth-order valence-corrected chi connectivity index (χ4v) is 1.12. The highest BCUT2D eigenvalue weighted by Gasteiger charge is 2.29. The van der Waals surface area contributed by atoms with E-state index in [9.17, 15) is 18.0 Å². The van der Waals surface area contributed by atoms with Crippen LogP contribution in [-0.4, -0.2) is 23.7 Å². The summed E-state index contributed by atoms with van der Waals surface area (Å²) in [5, 5.41) is 0. The molecular formula is C10H11F3N2O2. The zero-order valence-electron chi connectivity index (χ0n) is 9.26. The van der Waals surface area contributed by atoms with Crippen LogP contribution in [0.2, 0.25) is 0 Å². The summed E-state index contributed by atoms with van der Waals surface area (Å²) >= 11 is 0. The van der Waals surface area contributed by atoms with E-state index in [4.69, 9.17) is 5.73 Å². The zero-order chi connectivity index (χ0) is 13.2. The van der Waals surface area contributed by atoms with Crippen LogP contribution in [0.3, 0.4) is 0 Å². The van der Waals surface area contributed by atoms with Crippen LogP contribution < -0.4 is 10.5 Å². The molecule has 0 unspecified atom stereocenters. The van der Waals surface area contributed by atoms with Crippen molar-refractivity contribution in [2.75, 3.05) is 6.61 Å². The molecule has 1 amide bonds. The molecule has 0 atom stereocenters. The topological polar surface area (TPSA) is 65.2 Å². The number of alkyl halides is 3. The van der Waals surface area contributed by atoms with Crippen LogP contribution in [-0.2, 0) is 0 Å². The van der Waals surface area contributed by atoms with Crippen molar-refractivity contribution in [3.63, 3.8) is 0 Å². The summed E-state index contributed by atoms with van der Waals surface area (Å²) in [6.07, 6.45) is -4.49. The number of hydrogen-bond donors (Lipinski definition) is 1. The average molecular weight is 248 g/mol. The summed E-state index contributed by atoms with van der Waals surface area (Å²) in [5.74, 6) is -1.27. The van der Waals surface area contributed by atoms with Gasteiger partial charge in [0, 0.05) is 5.69 Å². The van der Waals surface area contributed by atoms with E-state index in [1.165, 1.54) is 6.07 Å². The molecule has 2 N–H and O–H groups in total. The Kier molecular flexibility index (Phi) is 3.59. The normalized spacial score (nSPS) is 11.4. The van der Waals surface area contributed by atoms with E-state index in [0.29, 0.717) is 11.3 Å². The SMILES string of the molecule is Cc1cc(C(N)=O)c(OCC(F)(F)F)nc1C. The first kappa shape index (κ1) is 13.3. The number of carbonyl (C=O) groups excluding carboxylic acids is 1. The molecular weight excluding hydrogens is 237 g/mol. The second kappa shape index (κ2) is 4.60. The predicted octanol–water partition coefficient (Wildman–Crippen LogP) is 1.74. The van der Waals surface area contributed by atoms with Crippen LogP contribution in [0, 0.1) is 13.8 Å². The van der Waals surface area contributed by atoms with E-state index in [-0.39, 0.29) is 5.56 Å². The third-order valence-corrected chi connectivity index (χ3v) is 2.07. The molecule has 0 bridgehead atoms. The predicted molar refractivity (Wildman–Crippen MR) is 53.8 cm³/mol. The lowest BCUT2D eigenvalue weighted by Gasteiger charge is -2.12. The molecule has 0 aliphatic carbocycles. The maximum atomic E-state index is 12.0. The molecule has 1 aromatic rings. The maximum Gasteiger partial charge on any atom is 0.422 e. The number of pyridine rings is 1. The second-order valence-electron chi connectivity index (χ2n) is 3.51. The van der Waals surface area contributed by atoms with Crippen molar-refractivity contribution in [2.24, 2.45) is 5.73 Å². The van der Waals surface area contributed by atoms with Gasteiger partial charge in [0.1, 0.15) is 5.56 Å². The fraction of sp³-hybridized carbons (Fsp3) is 0.400. The van der Waals surface area contributed by atoms with Crippen molar-refractivity contribution >= 4 is 5.91 Å². The lowest BCUT2D eigenvalue weighted by Crippen LogP contribution is -2.22. The Morgan fingerprint density at radius 1 is 1.47 bits per heavy atom. The van der Waals surface area contributed by atoms with Crippen molar-refractivity contribution in [1.82, 2.24) is 4.98 Å². The number of aromatic nitrogens is 1. The Hall–Kier alpha value is -1.79. The van der Waals surface area contributed by atoms with Crippen molar-refractivity contribution < 1.29 is 22.7 Å². The number of hydrogen-bond acceptors (Lipinski definition) is 3. The third kappa shape index (κ3) is 3.61. The number of amides is 1. The van der Waals surface area contributed by atoms with Gasteiger partial charge in [-0.2, -0.15) is 13.2 Å². The lowest BCUT2D eigenvalue weighted by atomic mass is 10.1. The molecule has 4 nitrogen and oxygen atoms in total. The molecule has 1 aromatic heterocycles. The van der Waals surface area contributed by atoms with Gasteiger partial charge in [-0.25, -0.2) is 4.98 Å². The van der Waals surface area contributed by atoms with Crippen LogP contribution in [0.5, 0.6) is 5.88 Å². The number of primary amides is 1. The molecule has 0 saturated carbocycles. The van der Waals surface area contributed by atoms with Crippen LogP contribution in [0.1, 0.15) is 21.6 Å². The van der Waals surface area contributed by atoms with Gasteiger partial charge in [-0.05, 0) is 25.5 Å². The van der Waals surface area contributed by atoms with Crippen LogP contribution in [0.15, 0.2) is 6.07 Å². The van der Waals surface area contributed by atoms with Crippen LogP contribution >= 0.6 is 0 Å². The van der Waals surface area contributed by atoms with Gasteiger partial charge in [0.25, 0.3) is 5.91 Å². The van der Waals surface area contributed by atoms with Gasteiger partial charge >= 0.3 is 6.18 Å². The van der Waals surface area contributed by atoms with Crippen LogP contribution in [0.4, 0.5) is 13.2 Å². The Balaban J connectivity index is 3.05. The van der Waals surface area contributed by atoms with E-state index in [0.717, 1.165) is 0 Å². The number of carbonyl (C=O) groups is 1. The molecule has 0 aromatic carbocycles. The van der Waals surface area contributed by atoms with Gasteiger partial charge in [0.05, 0.1) is 0 Å². The number of nitrogens with two attached hydrogens (primary N) is 1. The number of aryl methyl sites for hydroxylation is 2. The van der Waals surface area contributed by atoms with E-state index in [1.807, 2.05) is 0 Å². The Morgan fingerprint density at radius 2 is 2.06 bits per heavy atom. The molecule has 0 fully saturated rings. The molecule has 0 aliphatic heterocycles. The van der Waals surface area contributed by atoms with Gasteiger partial charge in [0.2, 0.25) is 5.88 Å². The van der Waals surface area contributed by atoms with E-state index in [1.54, 1.807) is 13.8 Å². The Bertz CT molecular complexity index is 444. The molecule has 17 heavy (non-hydrogen) atoms. The van der Waals surface area contributed by atoms with E-state index in [2.05, 4.69) is 9.72 Å². The molecule has 0 aliphatic rings. The molecule has 0 saturated heterocycles. The lowest BCUT2D eigenvalue weighted by molar-refractivity contribution is -0.154. The molecule has 94 valence electrons. The van der Waals surface area contributed by atoms with Crippen molar-refractivity contribution in [3.05, 3.63) is 22.9 Å². The van der Waals surface area contributed by atoms with Crippen molar-refractivity contribution in [2.45, 2.75) is 20.0 Å². The minimum absolute atomic E-state index is 0.155. The third-order valence-electron chi connectivity index (χ3n) is 2.07.